The standard InChI is InChI=1S/C18H20N2O/c1-17(2)14-6-7-18(17,3)16(9-14)21-15-5-4-12(10-19)13(8-15)11-20/h4-5,8,14,16H,6-7,9H2,1-3H3/t14-,16-,18-/m1/s1. The number of ether oxygens (including phenoxy) is 1. The molecule has 1 aromatic rings. The predicted octanol–water partition coefficient (Wildman–Crippen LogP) is 4.02. The van der Waals surface area contributed by atoms with E-state index in [1.807, 2.05) is 12.1 Å². The van der Waals surface area contributed by atoms with E-state index < -0.39 is 0 Å². The molecule has 3 heteroatoms. The van der Waals surface area contributed by atoms with Gasteiger partial charge >= 0.3 is 0 Å². The van der Waals surface area contributed by atoms with Crippen molar-refractivity contribution >= 4 is 0 Å². The maximum atomic E-state index is 9.12. The lowest BCUT2D eigenvalue weighted by molar-refractivity contribution is 0.0301. The maximum Gasteiger partial charge on any atom is 0.121 e. The molecule has 2 aliphatic carbocycles. The van der Waals surface area contributed by atoms with Crippen LogP contribution in [-0.2, 0) is 0 Å². The summed E-state index contributed by atoms with van der Waals surface area (Å²) in [6, 6.07) is 9.28. The Kier molecular flexibility index (Phi) is 2.99. The first-order valence-corrected chi connectivity index (χ1v) is 7.53. The van der Waals surface area contributed by atoms with Gasteiger partial charge in [0.25, 0.3) is 0 Å². The van der Waals surface area contributed by atoms with Gasteiger partial charge in [-0.25, -0.2) is 0 Å². The van der Waals surface area contributed by atoms with Gasteiger partial charge in [-0.2, -0.15) is 10.5 Å². The van der Waals surface area contributed by atoms with E-state index >= 15 is 0 Å². The van der Waals surface area contributed by atoms with E-state index in [0.29, 0.717) is 22.3 Å². The highest BCUT2D eigenvalue weighted by Gasteiger charge is 2.62. The van der Waals surface area contributed by atoms with Crippen molar-refractivity contribution in [3.05, 3.63) is 29.3 Å². The van der Waals surface area contributed by atoms with Crippen LogP contribution >= 0.6 is 0 Å². The largest absolute Gasteiger partial charge is 0.490 e. The first kappa shape index (κ1) is 14.0. The molecule has 0 radical (unpaired) electrons. The Hall–Kier alpha value is -2.00. The Morgan fingerprint density at radius 3 is 2.38 bits per heavy atom. The minimum atomic E-state index is 0.193. The van der Waals surface area contributed by atoms with Crippen molar-refractivity contribution in [3.63, 3.8) is 0 Å². The lowest BCUT2D eigenvalue weighted by Gasteiger charge is -2.38. The fourth-order valence-corrected chi connectivity index (χ4v) is 4.26. The number of nitriles is 2. The van der Waals surface area contributed by atoms with E-state index in [1.165, 1.54) is 12.8 Å². The molecule has 0 aliphatic heterocycles. The lowest BCUT2D eigenvalue weighted by Crippen LogP contribution is -2.38. The van der Waals surface area contributed by atoms with Crippen LogP contribution in [0.4, 0.5) is 0 Å². The molecule has 108 valence electrons. The van der Waals surface area contributed by atoms with Crippen molar-refractivity contribution < 1.29 is 4.74 Å². The van der Waals surface area contributed by atoms with Gasteiger partial charge in [0.1, 0.15) is 24.0 Å². The minimum absolute atomic E-state index is 0.193. The van der Waals surface area contributed by atoms with Gasteiger partial charge in [-0.1, -0.05) is 20.8 Å². The van der Waals surface area contributed by atoms with Gasteiger partial charge in [0.15, 0.2) is 0 Å². The smallest absolute Gasteiger partial charge is 0.121 e. The highest BCUT2D eigenvalue weighted by molar-refractivity contribution is 5.49. The van der Waals surface area contributed by atoms with E-state index in [4.69, 9.17) is 15.3 Å². The number of fused-ring (bicyclic) bond motifs is 2. The summed E-state index contributed by atoms with van der Waals surface area (Å²) in [7, 11) is 0. The fraction of sp³-hybridized carbons (Fsp3) is 0.556. The van der Waals surface area contributed by atoms with Gasteiger partial charge in [-0.05, 0) is 48.8 Å². The average molecular weight is 280 g/mol. The van der Waals surface area contributed by atoms with Crippen molar-refractivity contribution in [2.75, 3.05) is 0 Å². The highest BCUT2D eigenvalue weighted by Crippen LogP contribution is 2.66. The fourth-order valence-electron chi connectivity index (χ4n) is 4.26. The van der Waals surface area contributed by atoms with Gasteiger partial charge in [0, 0.05) is 5.41 Å². The first-order chi connectivity index (χ1) is 9.92. The van der Waals surface area contributed by atoms with Crippen LogP contribution in [0.3, 0.4) is 0 Å². The van der Waals surface area contributed by atoms with Crippen LogP contribution in [0.5, 0.6) is 5.75 Å². The number of hydrogen-bond donors (Lipinski definition) is 0. The molecular formula is C18H20N2O. The average Bonchev–Trinajstić information content (AvgIpc) is 2.80. The summed E-state index contributed by atoms with van der Waals surface area (Å²) in [5.74, 6) is 1.43. The summed E-state index contributed by atoms with van der Waals surface area (Å²) in [5, 5.41) is 18.1. The van der Waals surface area contributed by atoms with Gasteiger partial charge in [0.2, 0.25) is 0 Å². The topological polar surface area (TPSA) is 56.8 Å². The lowest BCUT2D eigenvalue weighted by atomic mass is 9.70. The van der Waals surface area contributed by atoms with Crippen LogP contribution in [-0.4, -0.2) is 6.10 Å². The van der Waals surface area contributed by atoms with E-state index in [2.05, 4.69) is 26.8 Å². The molecule has 0 spiro atoms. The Bertz CT molecular complexity index is 665. The van der Waals surface area contributed by atoms with Crippen LogP contribution in [0.25, 0.3) is 0 Å². The third-order valence-electron chi connectivity index (χ3n) is 6.22. The van der Waals surface area contributed by atoms with Crippen molar-refractivity contribution in [2.45, 2.75) is 46.1 Å². The molecule has 3 rings (SSSR count). The Morgan fingerprint density at radius 1 is 1.14 bits per heavy atom. The molecule has 2 saturated carbocycles. The van der Waals surface area contributed by atoms with Crippen LogP contribution < -0.4 is 4.74 Å². The SMILES string of the molecule is CC1(C)[C@@H]2CC[C@]1(C)[C@H](Oc1ccc(C#N)c(C#N)c1)C2. The van der Waals surface area contributed by atoms with Gasteiger partial charge in [-0.3, -0.25) is 0 Å². The molecule has 21 heavy (non-hydrogen) atoms. The van der Waals surface area contributed by atoms with Crippen molar-refractivity contribution in [1.29, 1.82) is 10.5 Å². The zero-order chi connectivity index (χ0) is 15.3. The zero-order valence-electron chi connectivity index (χ0n) is 12.8. The molecule has 3 nitrogen and oxygen atoms in total. The molecular weight excluding hydrogens is 260 g/mol. The minimum Gasteiger partial charge on any atom is -0.490 e. The van der Waals surface area contributed by atoms with Crippen LogP contribution in [0.2, 0.25) is 0 Å². The van der Waals surface area contributed by atoms with Gasteiger partial charge in [-0.15, -0.1) is 0 Å². The highest BCUT2D eigenvalue weighted by atomic mass is 16.5. The molecule has 3 atom stereocenters. The summed E-state index contributed by atoms with van der Waals surface area (Å²) in [6.07, 6.45) is 3.79. The van der Waals surface area contributed by atoms with Gasteiger partial charge < -0.3 is 4.74 Å². The Labute approximate surface area is 126 Å². The summed E-state index contributed by atoms with van der Waals surface area (Å²) in [6.45, 7) is 7.04. The van der Waals surface area contributed by atoms with Crippen molar-refractivity contribution in [2.24, 2.45) is 16.7 Å². The molecule has 2 fully saturated rings. The molecule has 0 unspecified atom stereocenters. The van der Waals surface area contributed by atoms with E-state index in [9.17, 15) is 0 Å². The van der Waals surface area contributed by atoms with Crippen LogP contribution in [0, 0.1) is 39.4 Å². The molecule has 0 N–H and O–H groups in total. The third kappa shape index (κ3) is 1.84. The molecule has 2 aliphatic rings. The molecule has 2 bridgehead atoms. The number of benzene rings is 1. The third-order valence-corrected chi connectivity index (χ3v) is 6.22. The second kappa shape index (κ2) is 4.50. The van der Waals surface area contributed by atoms with Crippen LogP contribution in [0.15, 0.2) is 18.2 Å². The van der Waals surface area contributed by atoms with Crippen molar-refractivity contribution in [3.8, 4) is 17.9 Å². The second-order valence-electron chi connectivity index (χ2n) is 7.15. The van der Waals surface area contributed by atoms with E-state index in [1.54, 1.807) is 12.1 Å². The number of hydrogen-bond acceptors (Lipinski definition) is 3. The second-order valence-corrected chi connectivity index (χ2v) is 7.15. The quantitative estimate of drug-likeness (QED) is 0.822. The monoisotopic (exact) mass is 280 g/mol. The van der Waals surface area contributed by atoms with E-state index in [0.717, 1.165) is 12.3 Å². The first-order valence-electron chi connectivity index (χ1n) is 7.53. The Balaban J connectivity index is 1.87. The predicted molar refractivity (Wildman–Crippen MR) is 79.5 cm³/mol. The molecule has 0 amide bonds. The van der Waals surface area contributed by atoms with E-state index in [-0.39, 0.29) is 11.5 Å². The summed E-state index contributed by atoms with van der Waals surface area (Å²) in [5.41, 5.74) is 1.30. The molecule has 0 saturated heterocycles. The molecule has 0 heterocycles. The number of nitrogens with zero attached hydrogens (tertiary/aromatic N) is 2. The Morgan fingerprint density at radius 2 is 1.86 bits per heavy atom. The van der Waals surface area contributed by atoms with Crippen LogP contribution in [0.1, 0.15) is 51.2 Å². The maximum absolute atomic E-state index is 9.12. The molecule has 1 aromatic carbocycles. The normalized spacial score (nSPS) is 32.4. The summed E-state index contributed by atoms with van der Waals surface area (Å²) >= 11 is 0. The van der Waals surface area contributed by atoms with Gasteiger partial charge in [0.05, 0.1) is 11.1 Å². The number of rotatable bonds is 2. The summed E-state index contributed by atoms with van der Waals surface area (Å²) in [4.78, 5) is 0. The zero-order valence-corrected chi connectivity index (χ0v) is 12.8. The molecule has 0 aromatic heterocycles. The summed E-state index contributed by atoms with van der Waals surface area (Å²) < 4.78 is 6.23. The van der Waals surface area contributed by atoms with Crippen molar-refractivity contribution in [1.82, 2.24) is 0 Å².